The molecule has 0 aromatic carbocycles. The molecule has 0 N–H and O–H groups in total. The van der Waals surface area contributed by atoms with E-state index in [0.717, 1.165) is 10.2 Å². The van der Waals surface area contributed by atoms with Gasteiger partial charge in [0.2, 0.25) is 0 Å². The number of aromatic nitrogens is 1. The SMILES string of the molecule is CC(C)N1c2ncccc2N(Cl)C(=O)C1C. The normalized spacial score (nSPS) is 20.3. The summed E-state index contributed by atoms with van der Waals surface area (Å²) < 4.78 is 1.16. The zero-order valence-electron chi connectivity index (χ0n) is 9.51. The highest BCUT2D eigenvalue weighted by Gasteiger charge is 2.36. The van der Waals surface area contributed by atoms with Crippen molar-refractivity contribution >= 4 is 29.2 Å². The van der Waals surface area contributed by atoms with E-state index in [1.807, 2.05) is 25.7 Å². The Morgan fingerprint density at radius 2 is 2.19 bits per heavy atom. The lowest BCUT2D eigenvalue weighted by Crippen LogP contribution is -2.52. The van der Waals surface area contributed by atoms with Crippen molar-refractivity contribution in [1.29, 1.82) is 0 Å². The van der Waals surface area contributed by atoms with E-state index in [1.54, 1.807) is 18.3 Å². The second-order valence-corrected chi connectivity index (χ2v) is 4.48. The third-order valence-corrected chi connectivity index (χ3v) is 3.10. The molecule has 0 saturated heterocycles. The molecule has 1 amide bonds. The highest BCUT2D eigenvalue weighted by Crippen LogP contribution is 2.36. The molecule has 5 heteroatoms. The maximum atomic E-state index is 11.9. The van der Waals surface area contributed by atoms with E-state index in [4.69, 9.17) is 11.8 Å². The van der Waals surface area contributed by atoms with Crippen LogP contribution in [0.15, 0.2) is 18.3 Å². The Hall–Kier alpha value is -1.29. The number of hydrogen-bond donors (Lipinski definition) is 0. The minimum Gasteiger partial charge on any atom is -0.341 e. The number of hydrogen-bond acceptors (Lipinski definition) is 3. The van der Waals surface area contributed by atoms with Crippen LogP contribution in [0.2, 0.25) is 0 Å². The minimum atomic E-state index is -0.278. The van der Waals surface area contributed by atoms with Gasteiger partial charge < -0.3 is 4.90 Å². The van der Waals surface area contributed by atoms with Gasteiger partial charge in [0.05, 0.1) is 0 Å². The summed E-state index contributed by atoms with van der Waals surface area (Å²) in [4.78, 5) is 18.2. The minimum absolute atomic E-state index is 0.115. The number of fused-ring (bicyclic) bond motifs is 1. The molecule has 4 nitrogen and oxygen atoms in total. The highest BCUT2D eigenvalue weighted by molar-refractivity contribution is 6.39. The number of amides is 1. The second kappa shape index (κ2) is 3.94. The van der Waals surface area contributed by atoms with Gasteiger partial charge in [-0.05, 0) is 32.9 Å². The predicted molar refractivity (Wildman–Crippen MR) is 64.7 cm³/mol. The Bertz CT molecular complexity index is 421. The fourth-order valence-electron chi connectivity index (χ4n) is 2.02. The number of pyridine rings is 1. The monoisotopic (exact) mass is 239 g/mol. The van der Waals surface area contributed by atoms with Crippen LogP contribution in [0.3, 0.4) is 0 Å². The van der Waals surface area contributed by atoms with Crippen molar-refractivity contribution in [2.45, 2.75) is 32.9 Å². The first kappa shape index (κ1) is 11.2. The van der Waals surface area contributed by atoms with Gasteiger partial charge in [-0.2, -0.15) is 0 Å². The van der Waals surface area contributed by atoms with E-state index in [0.29, 0.717) is 5.69 Å². The molecule has 0 fully saturated rings. The van der Waals surface area contributed by atoms with Gasteiger partial charge in [-0.1, -0.05) is 0 Å². The van der Waals surface area contributed by atoms with Crippen molar-refractivity contribution in [3.63, 3.8) is 0 Å². The molecule has 2 heterocycles. The van der Waals surface area contributed by atoms with Crippen molar-refractivity contribution in [3.05, 3.63) is 18.3 Å². The molecule has 1 aliphatic heterocycles. The van der Waals surface area contributed by atoms with Crippen LogP contribution < -0.4 is 9.32 Å². The van der Waals surface area contributed by atoms with Gasteiger partial charge in [0.25, 0.3) is 5.91 Å². The van der Waals surface area contributed by atoms with Crippen LogP contribution in [0.25, 0.3) is 0 Å². The van der Waals surface area contributed by atoms with Crippen LogP contribution >= 0.6 is 11.8 Å². The number of anilines is 2. The first-order valence-electron chi connectivity index (χ1n) is 5.27. The summed E-state index contributed by atoms with van der Waals surface area (Å²) in [5.41, 5.74) is 0.654. The lowest BCUT2D eigenvalue weighted by Gasteiger charge is -2.40. The van der Waals surface area contributed by atoms with Crippen LogP contribution in [0.5, 0.6) is 0 Å². The van der Waals surface area contributed by atoms with Gasteiger partial charge in [-0.15, -0.1) is 0 Å². The average molecular weight is 240 g/mol. The summed E-state index contributed by atoms with van der Waals surface area (Å²) in [5.74, 6) is 0.649. The Morgan fingerprint density at radius 3 is 2.81 bits per heavy atom. The summed E-state index contributed by atoms with van der Waals surface area (Å²) in [6.07, 6.45) is 1.71. The van der Waals surface area contributed by atoms with Crippen molar-refractivity contribution < 1.29 is 4.79 Å². The molecule has 0 radical (unpaired) electrons. The lowest BCUT2D eigenvalue weighted by molar-refractivity contribution is -0.118. The highest BCUT2D eigenvalue weighted by atomic mass is 35.5. The molecule has 1 aliphatic rings. The number of carbonyl (C=O) groups excluding carboxylic acids is 1. The molecular formula is C11H14ClN3O. The maximum absolute atomic E-state index is 11.9. The van der Waals surface area contributed by atoms with Crippen LogP contribution in [0.1, 0.15) is 20.8 Å². The molecule has 0 saturated carbocycles. The molecule has 0 aliphatic carbocycles. The van der Waals surface area contributed by atoms with Crippen LogP contribution in [0.4, 0.5) is 11.5 Å². The summed E-state index contributed by atoms with van der Waals surface area (Å²) in [6.45, 7) is 5.91. The third-order valence-electron chi connectivity index (χ3n) is 2.75. The lowest BCUT2D eigenvalue weighted by atomic mass is 10.1. The zero-order valence-corrected chi connectivity index (χ0v) is 10.3. The predicted octanol–water partition coefficient (Wildman–Crippen LogP) is 2.19. The van der Waals surface area contributed by atoms with Gasteiger partial charge in [0.1, 0.15) is 11.7 Å². The maximum Gasteiger partial charge on any atom is 0.264 e. The van der Waals surface area contributed by atoms with E-state index in [-0.39, 0.29) is 18.0 Å². The van der Waals surface area contributed by atoms with Crippen LogP contribution in [0, 0.1) is 0 Å². The van der Waals surface area contributed by atoms with Gasteiger partial charge in [0.15, 0.2) is 5.82 Å². The Kier molecular flexibility index (Phi) is 2.76. The average Bonchev–Trinajstić information content (AvgIpc) is 2.26. The molecule has 0 bridgehead atoms. The summed E-state index contributed by atoms with van der Waals surface area (Å²) in [7, 11) is 0. The Balaban J connectivity index is 2.56. The van der Waals surface area contributed by atoms with E-state index in [1.165, 1.54) is 0 Å². The Morgan fingerprint density at radius 1 is 1.50 bits per heavy atom. The van der Waals surface area contributed by atoms with E-state index < -0.39 is 0 Å². The van der Waals surface area contributed by atoms with Gasteiger partial charge in [0, 0.05) is 24.0 Å². The first-order chi connectivity index (χ1) is 7.54. The van der Waals surface area contributed by atoms with Crippen LogP contribution in [-0.4, -0.2) is 23.0 Å². The fourth-order valence-corrected chi connectivity index (χ4v) is 2.29. The summed E-state index contributed by atoms with van der Waals surface area (Å²) in [6, 6.07) is 3.50. The van der Waals surface area contributed by atoms with E-state index in [2.05, 4.69) is 4.98 Å². The molecule has 0 spiro atoms. The molecular weight excluding hydrogens is 226 g/mol. The number of halogens is 1. The molecule has 86 valence electrons. The summed E-state index contributed by atoms with van der Waals surface area (Å²) in [5, 5.41) is 0. The second-order valence-electron chi connectivity index (χ2n) is 4.14. The number of rotatable bonds is 1. The zero-order chi connectivity index (χ0) is 11.9. The van der Waals surface area contributed by atoms with Crippen molar-refractivity contribution in [1.82, 2.24) is 4.98 Å². The van der Waals surface area contributed by atoms with Gasteiger partial charge in [-0.25, -0.2) is 9.40 Å². The topological polar surface area (TPSA) is 36.4 Å². The van der Waals surface area contributed by atoms with E-state index in [9.17, 15) is 4.79 Å². The third kappa shape index (κ3) is 1.53. The molecule has 1 atom stereocenters. The van der Waals surface area contributed by atoms with Crippen molar-refractivity contribution in [2.75, 3.05) is 9.32 Å². The smallest absolute Gasteiger partial charge is 0.264 e. The number of carbonyl (C=O) groups is 1. The standard InChI is InChI=1S/C11H14ClN3O/c1-7(2)14-8(3)11(16)15(12)9-5-4-6-13-10(9)14/h4-8H,1-3H3. The molecule has 16 heavy (non-hydrogen) atoms. The Labute approximate surface area is 99.9 Å². The quantitative estimate of drug-likeness (QED) is 0.705. The van der Waals surface area contributed by atoms with Crippen LogP contribution in [-0.2, 0) is 4.79 Å². The van der Waals surface area contributed by atoms with Gasteiger partial charge in [-0.3, -0.25) is 4.79 Å². The van der Waals surface area contributed by atoms with E-state index >= 15 is 0 Å². The molecule has 1 aromatic heterocycles. The van der Waals surface area contributed by atoms with Crippen molar-refractivity contribution in [2.24, 2.45) is 0 Å². The summed E-state index contributed by atoms with van der Waals surface area (Å²) >= 11 is 5.98. The number of nitrogens with zero attached hydrogens (tertiary/aromatic N) is 3. The van der Waals surface area contributed by atoms with Crippen molar-refractivity contribution in [3.8, 4) is 0 Å². The molecule has 2 rings (SSSR count). The fraction of sp³-hybridized carbons (Fsp3) is 0.455. The largest absolute Gasteiger partial charge is 0.341 e. The molecule has 1 aromatic rings. The first-order valence-corrected chi connectivity index (χ1v) is 5.61. The molecule has 1 unspecified atom stereocenters. The van der Waals surface area contributed by atoms with Gasteiger partial charge >= 0.3 is 0 Å².